The Morgan fingerprint density at radius 3 is 3.00 bits per heavy atom. The Hall–Kier alpha value is -1.17. The third-order valence-corrected chi connectivity index (χ3v) is 3.65. The van der Waals surface area contributed by atoms with Gasteiger partial charge in [0.05, 0.1) is 10.6 Å². The van der Waals surface area contributed by atoms with Crippen molar-refractivity contribution in [2.24, 2.45) is 5.73 Å². The van der Waals surface area contributed by atoms with E-state index in [-0.39, 0.29) is 0 Å². The predicted molar refractivity (Wildman–Crippen MR) is 74.6 cm³/mol. The molecule has 0 radical (unpaired) electrons. The molecule has 98 valence electrons. The lowest BCUT2D eigenvalue weighted by Gasteiger charge is -2.14. The van der Waals surface area contributed by atoms with Crippen LogP contribution in [0.25, 0.3) is 10.8 Å². The average Bonchev–Trinajstić information content (AvgIpc) is 2.97. The van der Waals surface area contributed by atoms with Gasteiger partial charge in [-0.2, -0.15) is 0 Å². The molecule has 0 saturated carbocycles. The molecule has 5 heteroatoms. The molecule has 0 spiro atoms. The molecule has 2 heterocycles. The zero-order chi connectivity index (χ0) is 13.0. The van der Waals surface area contributed by atoms with E-state index in [0.717, 1.165) is 48.3 Å². The summed E-state index contributed by atoms with van der Waals surface area (Å²) in [6.45, 7) is 4.48. The molecule has 0 aliphatic heterocycles. The fraction of sp³-hybridized carbons (Fsp3) is 0.462. The van der Waals surface area contributed by atoms with E-state index in [1.54, 1.807) is 11.3 Å². The Bertz CT molecular complexity index is 478. The number of aryl methyl sites for hydroxylation is 1. The van der Waals surface area contributed by atoms with Crippen LogP contribution in [0.4, 0.5) is 0 Å². The summed E-state index contributed by atoms with van der Waals surface area (Å²) in [5, 5.41) is 2.03. The lowest BCUT2D eigenvalue weighted by Crippen LogP contribution is -2.21. The SMILES string of the molecule is Cc1oc(-c2cccs2)nc1CN(C)CCCN. The second kappa shape index (κ2) is 6.13. The van der Waals surface area contributed by atoms with Gasteiger partial charge in [-0.05, 0) is 44.9 Å². The normalized spacial score (nSPS) is 11.3. The molecule has 0 atom stereocenters. The second-order valence-corrected chi connectivity index (χ2v) is 5.33. The van der Waals surface area contributed by atoms with Crippen molar-refractivity contribution in [2.45, 2.75) is 19.9 Å². The summed E-state index contributed by atoms with van der Waals surface area (Å²) >= 11 is 1.64. The van der Waals surface area contributed by atoms with E-state index in [1.165, 1.54) is 0 Å². The van der Waals surface area contributed by atoms with Gasteiger partial charge in [-0.3, -0.25) is 0 Å². The molecule has 0 aromatic carbocycles. The molecule has 0 unspecified atom stereocenters. The maximum atomic E-state index is 5.71. The maximum Gasteiger partial charge on any atom is 0.236 e. The van der Waals surface area contributed by atoms with E-state index < -0.39 is 0 Å². The van der Waals surface area contributed by atoms with E-state index >= 15 is 0 Å². The summed E-state index contributed by atoms with van der Waals surface area (Å²) in [4.78, 5) is 7.87. The highest BCUT2D eigenvalue weighted by atomic mass is 32.1. The molecule has 2 rings (SSSR count). The smallest absolute Gasteiger partial charge is 0.236 e. The molecule has 0 aliphatic rings. The highest BCUT2D eigenvalue weighted by Gasteiger charge is 2.13. The van der Waals surface area contributed by atoms with Crippen LogP contribution in [0.15, 0.2) is 21.9 Å². The van der Waals surface area contributed by atoms with Crippen LogP contribution < -0.4 is 5.73 Å². The van der Waals surface area contributed by atoms with Crippen LogP contribution in [0, 0.1) is 6.92 Å². The van der Waals surface area contributed by atoms with Gasteiger partial charge in [0.1, 0.15) is 5.76 Å². The minimum absolute atomic E-state index is 0.725. The Balaban J connectivity index is 2.05. The number of hydrogen-bond acceptors (Lipinski definition) is 5. The van der Waals surface area contributed by atoms with Gasteiger partial charge >= 0.3 is 0 Å². The van der Waals surface area contributed by atoms with Gasteiger partial charge < -0.3 is 15.1 Å². The minimum atomic E-state index is 0.725. The first kappa shape index (κ1) is 13.3. The topological polar surface area (TPSA) is 55.3 Å². The molecule has 2 aromatic rings. The quantitative estimate of drug-likeness (QED) is 0.872. The fourth-order valence-corrected chi connectivity index (χ4v) is 2.43. The Kier molecular flexibility index (Phi) is 4.52. The monoisotopic (exact) mass is 265 g/mol. The summed E-state index contributed by atoms with van der Waals surface area (Å²) in [5.74, 6) is 1.63. The van der Waals surface area contributed by atoms with Crippen molar-refractivity contribution in [3.05, 3.63) is 29.0 Å². The molecule has 0 aliphatic carbocycles. The Morgan fingerprint density at radius 1 is 1.50 bits per heavy atom. The molecular weight excluding hydrogens is 246 g/mol. The molecule has 4 nitrogen and oxygen atoms in total. The molecular formula is C13H19N3OS. The first-order valence-corrected chi connectivity index (χ1v) is 6.97. The number of thiophene rings is 1. The molecule has 2 aromatic heterocycles. The zero-order valence-electron chi connectivity index (χ0n) is 10.8. The van der Waals surface area contributed by atoms with Crippen molar-refractivity contribution in [1.82, 2.24) is 9.88 Å². The summed E-state index contributed by atoms with van der Waals surface area (Å²) in [5.41, 5.74) is 6.52. The largest absolute Gasteiger partial charge is 0.440 e. The van der Waals surface area contributed by atoms with E-state index in [1.807, 2.05) is 24.4 Å². The molecule has 0 bridgehead atoms. The van der Waals surface area contributed by atoms with E-state index in [4.69, 9.17) is 10.2 Å². The van der Waals surface area contributed by atoms with Gasteiger partial charge in [0.2, 0.25) is 5.89 Å². The van der Waals surface area contributed by atoms with Gasteiger partial charge in [0, 0.05) is 6.54 Å². The lowest BCUT2D eigenvalue weighted by molar-refractivity contribution is 0.318. The number of oxazole rings is 1. The molecule has 0 fully saturated rings. The van der Waals surface area contributed by atoms with Crippen LogP contribution in [0.3, 0.4) is 0 Å². The van der Waals surface area contributed by atoms with Gasteiger partial charge in [0.15, 0.2) is 0 Å². The van der Waals surface area contributed by atoms with Crippen LogP contribution in [0.2, 0.25) is 0 Å². The first-order valence-electron chi connectivity index (χ1n) is 6.09. The first-order chi connectivity index (χ1) is 8.70. The second-order valence-electron chi connectivity index (χ2n) is 4.38. The number of rotatable bonds is 6. The fourth-order valence-electron chi connectivity index (χ4n) is 1.78. The van der Waals surface area contributed by atoms with Crippen LogP contribution in [0.5, 0.6) is 0 Å². The average molecular weight is 265 g/mol. The molecule has 18 heavy (non-hydrogen) atoms. The molecule has 0 saturated heterocycles. The van der Waals surface area contributed by atoms with Crippen molar-refractivity contribution in [3.63, 3.8) is 0 Å². The Labute approximate surface area is 111 Å². The molecule has 2 N–H and O–H groups in total. The van der Waals surface area contributed by atoms with Crippen LogP contribution in [0.1, 0.15) is 17.9 Å². The van der Waals surface area contributed by atoms with Crippen molar-refractivity contribution in [2.75, 3.05) is 20.1 Å². The maximum absolute atomic E-state index is 5.71. The summed E-state index contributed by atoms with van der Waals surface area (Å²) in [6.07, 6.45) is 1.01. The van der Waals surface area contributed by atoms with E-state index in [2.05, 4.69) is 16.9 Å². The predicted octanol–water partition coefficient (Wildman–Crippen LogP) is 2.49. The summed E-state index contributed by atoms with van der Waals surface area (Å²) < 4.78 is 5.71. The third kappa shape index (κ3) is 3.19. The number of nitrogens with two attached hydrogens (primary N) is 1. The van der Waals surface area contributed by atoms with Crippen molar-refractivity contribution in [1.29, 1.82) is 0 Å². The summed E-state index contributed by atoms with van der Waals surface area (Å²) in [6, 6.07) is 4.03. The van der Waals surface area contributed by atoms with Crippen LogP contribution in [-0.2, 0) is 6.54 Å². The number of hydrogen-bond donors (Lipinski definition) is 1. The van der Waals surface area contributed by atoms with Gasteiger partial charge in [-0.1, -0.05) is 6.07 Å². The number of aromatic nitrogens is 1. The Morgan fingerprint density at radius 2 is 2.33 bits per heavy atom. The highest BCUT2D eigenvalue weighted by molar-refractivity contribution is 7.13. The van der Waals surface area contributed by atoms with Crippen molar-refractivity contribution in [3.8, 4) is 10.8 Å². The standard InChI is InChI=1S/C13H19N3OS/c1-10-11(9-16(2)7-4-6-14)15-13(17-10)12-5-3-8-18-12/h3,5,8H,4,6-7,9,14H2,1-2H3. The van der Waals surface area contributed by atoms with Crippen LogP contribution >= 0.6 is 11.3 Å². The van der Waals surface area contributed by atoms with Crippen molar-refractivity contribution >= 4 is 11.3 Å². The van der Waals surface area contributed by atoms with Gasteiger partial charge in [-0.25, -0.2) is 4.98 Å². The summed E-state index contributed by atoms with van der Waals surface area (Å²) in [7, 11) is 2.08. The van der Waals surface area contributed by atoms with Gasteiger partial charge in [-0.15, -0.1) is 11.3 Å². The van der Waals surface area contributed by atoms with Crippen molar-refractivity contribution < 1.29 is 4.42 Å². The molecule has 0 amide bonds. The van der Waals surface area contributed by atoms with E-state index in [9.17, 15) is 0 Å². The lowest BCUT2D eigenvalue weighted by atomic mass is 10.3. The third-order valence-electron chi connectivity index (χ3n) is 2.79. The van der Waals surface area contributed by atoms with Crippen LogP contribution in [-0.4, -0.2) is 30.0 Å². The highest BCUT2D eigenvalue weighted by Crippen LogP contribution is 2.26. The number of nitrogens with zero attached hydrogens (tertiary/aromatic N) is 2. The van der Waals surface area contributed by atoms with Gasteiger partial charge in [0.25, 0.3) is 0 Å². The van der Waals surface area contributed by atoms with E-state index in [0.29, 0.717) is 0 Å². The zero-order valence-corrected chi connectivity index (χ0v) is 11.7. The minimum Gasteiger partial charge on any atom is -0.440 e.